The summed E-state index contributed by atoms with van der Waals surface area (Å²) < 4.78 is 10.9. The summed E-state index contributed by atoms with van der Waals surface area (Å²) in [6.07, 6.45) is 2.00. The number of nitrogens with one attached hydrogen (secondary N) is 2. The average Bonchev–Trinajstić information content (AvgIpc) is 3.55. The van der Waals surface area contributed by atoms with Crippen LogP contribution in [0.1, 0.15) is 27.6 Å². The van der Waals surface area contributed by atoms with Crippen LogP contribution in [-0.2, 0) is 4.79 Å². The van der Waals surface area contributed by atoms with E-state index < -0.39 is 27.6 Å². The highest BCUT2D eigenvalue weighted by molar-refractivity contribution is 7.19. The number of carbonyl (C=O) groups excluding carboxylic acids is 3. The van der Waals surface area contributed by atoms with Crippen molar-refractivity contribution in [2.24, 2.45) is 0 Å². The minimum Gasteiger partial charge on any atom is -0.457 e. The van der Waals surface area contributed by atoms with Crippen LogP contribution in [0.4, 0.5) is 20.3 Å². The van der Waals surface area contributed by atoms with Gasteiger partial charge in [0.05, 0.1) is 21.0 Å². The van der Waals surface area contributed by atoms with Crippen LogP contribution in [0.15, 0.2) is 54.9 Å². The van der Waals surface area contributed by atoms with Crippen molar-refractivity contribution in [3.8, 4) is 17.2 Å². The van der Waals surface area contributed by atoms with E-state index in [0.29, 0.717) is 22.7 Å². The fraction of sp³-hybridized carbons (Fsp3) is 0.0455. The molecule has 39 heavy (non-hydrogen) atoms. The number of anilines is 2. The van der Waals surface area contributed by atoms with Gasteiger partial charge >= 0.3 is 16.0 Å². The summed E-state index contributed by atoms with van der Waals surface area (Å²) in [7, 11) is 0. The van der Waals surface area contributed by atoms with E-state index in [1.165, 1.54) is 30.3 Å². The lowest BCUT2D eigenvalue weighted by Gasteiger charge is -2.13. The van der Waals surface area contributed by atoms with Gasteiger partial charge in [0.15, 0.2) is 10.3 Å². The van der Waals surface area contributed by atoms with E-state index in [1.807, 2.05) is 0 Å². The fourth-order valence-corrected chi connectivity index (χ4v) is 4.26. The maximum atomic E-state index is 12.9. The minimum absolute atomic E-state index is 0.00798. The van der Waals surface area contributed by atoms with Crippen molar-refractivity contribution in [1.29, 1.82) is 0 Å². The molecular weight excluding hydrogens is 556 g/mol. The van der Waals surface area contributed by atoms with E-state index >= 15 is 0 Å². The molecule has 2 aromatic heterocycles. The molecule has 2 heterocycles. The topological polar surface area (TPSA) is 206 Å². The summed E-state index contributed by atoms with van der Waals surface area (Å²) in [5.74, 6) is -2.12. The second kappa shape index (κ2) is 11.4. The Morgan fingerprint density at radius 1 is 0.821 bits per heavy atom. The molecule has 4 rings (SSSR count). The molecule has 2 N–H and O–H groups in total. The van der Waals surface area contributed by atoms with E-state index in [9.17, 15) is 34.6 Å². The Balaban J connectivity index is 1.59. The number of esters is 1. The molecule has 0 fully saturated rings. The number of ether oxygens (including phenoxy) is 2. The second-order valence-corrected chi connectivity index (χ2v) is 9.30. The molecule has 0 bridgehead atoms. The van der Waals surface area contributed by atoms with Gasteiger partial charge < -0.3 is 9.47 Å². The van der Waals surface area contributed by atoms with Crippen molar-refractivity contribution < 1.29 is 33.7 Å². The van der Waals surface area contributed by atoms with Gasteiger partial charge in [0.2, 0.25) is 0 Å². The van der Waals surface area contributed by atoms with Crippen molar-refractivity contribution in [3.05, 3.63) is 86.2 Å². The van der Waals surface area contributed by atoms with Crippen LogP contribution < -0.4 is 20.1 Å². The Morgan fingerprint density at radius 3 is 1.92 bits per heavy atom. The third-order valence-corrected chi connectivity index (χ3v) is 6.33. The number of nitrogens with zero attached hydrogens (tertiary/aromatic N) is 4. The van der Waals surface area contributed by atoms with E-state index in [4.69, 9.17) is 9.47 Å². The van der Waals surface area contributed by atoms with Crippen molar-refractivity contribution in [3.63, 3.8) is 0 Å². The number of thiazole rings is 2. The minimum atomic E-state index is -0.794. The number of carbonyl (C=O) groups is 3. The summed E-state index contributed by atoms with van der Waals surface area (Å²) in [6.45, 7) is 1.14. The molecule has 2 amide bonds. The van der Waals surface area contributed by atoms with Crippen LogP contribution >= 0.6 is 22.7 Å². The molecule has 0 spiro atoms. The molecule has 0 radical (unpaired) electrons. The summed E-state index contributed by atoms with van der Waals surface area (Å²) >= 11 is 1.31. The molecule has 0 aliphatic heterocycles. The van der Waals surface area contributed by atoms with Gasteiger partial charge in [-0.3, -0.25) is 45.2 Å². The fourth-order valence-electron chi connectivity index (χ4n) is 3.01. The maximum absolute atomic E-state index is 12.9. The Labute approximate surface area is 225 Å². The van der Waals surface area contributed by atoms with Gasteiger partial charge in [-0.05, 0) is 53.0 Å². The lowest BCUT2D eigenvalue weighted by atomic mass is 10.1. The molecule has 0 atom stereocenters. The molecule has 0 unspecified atom stereocenters. The first kappa shape index (κ1) is 26.8. The van der Waals surface area contributed by atoms with Crippen molar-refractivity contribution >= 4 is 60.7 Å². The molecule has 198 valence electrons. The molecule has 0 saturated carbocycles. The SMILES string of the molecule is CC(=O)Oc1ccc(Oc2ccccc2C(=O)Nc2ncc([N+](=O)[O-])s2)cc1C(=O)Nc1ncc([N+](=O)[O-])s1. The zero-order valence-electron chi connectivity index (χ0n) is 19.5. The number of aromatic nitrogens is 2. The number of nitro groups is 2. The summed E-state index contributed by atoms with van der Waals surface area (Å²) in [5, 5.41) is 26.1. The van der Waals surface area contributed by atoms with E-state index in [-0.39, 0.29) is 48.6 Å². The van der Waals surface area contributed by atoms with Gasteiger partial charge in [-0.1, -0.05) is 12.1 Å². The quantitative estimate of drug-likeness (QED) is 0.123. The van der Waals surface area contributed by atoms with Crippen LogP contribution in [0.5, 0.6) is 17.2 Å². The number of benzene rings is 2. The summed E-state index contributed by atoms with van der Waals surface area (Å²) in [5.41, 5.74) is -0.0990. The van der Waals surface area contributed by atoms with Crippen LogP contribution in [0.3, 0.4) is 0 Å². The largest absolute Gasteiger partial charge is 0.457 e. The number of amides is 2. The van der Waals surface area contributed by atoms with Crippen LogP contribution in [0.2, 0.25) is 0 Å². The maximum Gasteiger partial charge on any atom is 0.345 e. The molecule has 17 heteroatoms. The normalized spacial score (nSPS) is 10.4. The third-order valence-electron chi connectivity index (χ3n) is 4.60. The summed E-state index contributed by atoms with van der Waals surface area (Å²) in [4.78, 5) is 65.4. The average molecular weight is 571 g/mol. The smallest absolute Gasteiger partial charge is 0.345 e. The zero-order valence-corrected chi connectivity index (χ0v) is 21.1. The number of hydrogen-bond donors (Lipinski definition) is 2. The molecule has 0 aliphatic carbocycles. The van der Waals surface area contributed by atoms with Gasteiger partial charge in [-0.2, -0.15) is 0 Å². The Morgan fingerprint density at radius 2 is 1.38 bits per heavy atom. The lowest BCUT2D eigenvalue weighted by molar-refractivity contribution is -0.380. The molecule has 4 aromatic rings. The lowest BCUT2D eigenvalue weighted by Crippen LogP contribution is -2.15. The number of para-hydroxylation sites is 1. The zero-order chi connectivity index (χ0) is 28.1. The Kier molecular flexibility index (Phi) is 7.82. The summed E-state index contributed by atoms with van der Waals surface area (Å²) in [6, 6.07) is 10.0. The van der Waals surface area contributed by atoms with Crippen molar-refractivity contribution in [2.75, 3.05) is 10.6 Å². The first-order valence-electron chi connectivity index (χ1n) is 10.5. The van der Waals surface area contributed by atoms with E-state index in [1.54, 1.807) is 12.1 Å². The number of rotatable bonds is 9. The molecule has 15 nitrogen and oxygen atoms in total. The highest BCUT2D eigenvalue weighted by Gasteiger charge is 2.21. The Bertz CT molecular complexity index is 1620. The monoisotopic (exact) mass is 570 g/mol. The number of hydrogen-bond acceptors (Lipinski definition) is 13. The predicted molar refractivity (Wildman–Crippen MR) is 138 cm³/mol. The first-order chi connectivity index (χ1) is 18.6. The van der Waals surface area contributed by atoms with Crippen molar-refractivity contribution in [2.45, 2.75) is 6.92 Å². The van der Waals surface area contributed by atoms with Gasteiger partial charge in [0, 0.05) is 6.92 Å². The van der Waals surface area contributed by atoms with E-state index in [2.05, 4.69) is 20.6 Å². The highest BCUT2D eigenvalue weighted by atomic mass is 32.1. The van der Waals surface area contributed by atoms with Crippen LogP contribution in [0, 0.1) is 20.2 Å². The standard InChI is InChI=1S/C22H14N6O9S2/c1-11(29)36-16-7-6-12(8-14(16)20(31)26-22-24-10-18(39-22)28(34)35)37-15-5-3-2-4-13(15)19(30)25-21-23-9-17(38-21)27(32)33/h2-10H,1H3,(H,23,25,30)(H,24,26,31). The highest BCUT2D eigenvalue weighted by Crippen LogP contribution is 2.32. The molecular formula is C22H14N6O9S2. The van der Waals surface area contributed by atoms with Gasteiger partial charge in [0.25, 0.3) is 11.8 Å². The third kappa shape index (κ3) is 6.53. The molecule has 2 aromatic carbocycles. The second-order valence-electron chi connectivity index (χ2n) is 7.28. The Hall–Kier alpha value is -5.29. The van der Waals surface area contributed by atoms with E-state index in [0.717, 1.165) is 19.3 Å². The van der Waals surface area contributed by atoms with Crippen LogP contribution in [-0.4, -0.2) is 37.6 Å². The molecule has 0 saturated heterocycles. The predicted octanol–water partition coefficient (Wildman–Crippen LogP) is 4.64. The van der Waals surface area contributed by atoms with Gasteiger partial charge in [0.1, 0.15) is 29.6 Å². The van der Waals surface area contributed by atoms with Crippen molar-refractivity contribution in [1.82, 2.24) is 9.97 Å². The molecule has 0 aliphatic rings. The first-order valence-corrected chi connectivity index (χ1v) is 12.2. The van der Waals surface area contributed by atoms with Crippen LogP contribution in [0.25, 0.3) is 0 Å². The van der Waals surface area contributed by atoms with Gasteiger partial charge in [-0.25, -0.2) is 9.97 Å². The van der Waals surface area contributed by atoms with Gasteiger partial charge in [-0.15, -0.1) is 0 Å².